The molecule has 0 aliphatic heterocycles. The van der Waals surface area contributed by atoms with Crippen molar-refractivity contribution >= 4 is 11.6 Å². The number of nitrogens with one attached hydrogen (secondary N) is 2. The van der Waals surface area contributed by atoms with Gasteiger partial charge in [-0.1, -0.05) is 0 Å². The number of aromatic nitrogens is 2. The van der Waals surface area contributed by atoms with Crippen molar-refractivity contribution in [3.63, 3.8) is 0 Å². The SMILES string of the molecule is COc1ccc(NC(=O)c2cc(-c3cc(F)ccc3OC(C)C)n[nH]2)c(OC)c1. The lowest BCUT2D eigenvalue weighted by atomic mass is 10.1. The summed E-state index contributed by atoms with van der Waals surface area (Å²) in [4.78, 5) is 12.6. The van der Waals surface area contributed by atoms with E-state index in [1.807, 2.05) is 13.8 Å². The fraction of sp³-hybridized carbons (Fsp3) is 0.238. The highest BCUT2D eigenvalue weighted by atomic mass is 19.1. The van der Waals surface area contributed by atoms with Crippen molar-refractivity contribution in [1.82, 2.24) is 10.2 Å². The van der Waals surface area contributed by atoms with Crippen LogP contribution >= 0.6 is 0 Å². The first-order chi connectivity index (χ1) is 13.9. The van der Waals surface area contributed by atoms with Gasteiger partial charge in [-0.25, -0.2) is 4.39 Å². The fourth-order valence-corrected chi connectivity index (χ4v) is 2.73. The second-order valence-electron chi connectivity index (χ2n) is 6.49. The molecule has 0 aliphatic rings. The standard InChI is InChI=1S/C21H22FN3O4/c1-12(2)29-19-8-5-13(22)9-15(19)17-11-18(25-24-17)21(26)23-16-7-6-14(27-3)10-20(16)28-4/h5-12H,1-4H3,(H,23,26)(H,24,25). The number of aromatic amines is 1. The second-order valence-corrected chi connectivity index (χ2v) is 6.49. The van der Waals surface area contributed by atoms with Crippen molar-refractivity contribution in [3.05, 3.63) is 54.0 Å². The lowest BCUT2D eigenvalue weighted by molar-refractivity contribution is 0.102. The van der Waals surface area contributed by atoms with Gasteiger partial charge in [-0.05, 0) is 50.2 Å². The minimum atomic E-state index is -0.423. The number of benzene rings is 2. The summed E-state index contributed by atoms with van der Waals surface area (Å²) in [6.07, 6.45) is -0.0940. The number of hydrogen-bond acceptors (Lipinski definition) is 5. The molecular formula is C21H22FN3O4. The number of rotatable bonds is 7. The van der Waals surface area contributed by atoms with Crippen LogP contribution in [-0.4, -0.2) is 36.4 Å². The third-order valence-electron chi connectivity index (χ3n) is 4.06. The summed E-state index contributed by atoms with van der Waals surface area (Å²) in [6, 6.07) is 10.8. The third kappa shape index (κ3) is 4.66. The predicted molar refractivity (Wildman–Crippen MR) is 107 cm³/mol. The van der Waals surface area contributed by atoms with Crippen molar-refractivity contribution in [1.29, 1.82) is 0 Å². The zero-order valence-electron chi connectivity index (χ0n) is 16.6. The number of halogens is 1. The van der Waals surface area contributed by atoms with Gasteiger partial charge in [0.15, 0.2) is 0 Å². The van der Waals surface area contributed by atoms with Crippen LogP contribution in [0.2, 0.25) is 0 Å². The van der Waals surface area contributed by atoms with E-state index in [0.29, 0.717) is 34.2 Å². The van der Waals surface area contributed by atoms with E-state index in [2.05, 4.69) is 15.5 Å². The molecule has 1 amide bonds. The Bertz CT molecular complexity index is 1020. The minimum absolute atomic E-state index is 0.0940. The lowest BCUT2D eigenvalue weighted by Crippen LogP contribution is -2.13. The van der Waals surface area contributed by atoms with Crippen molar-refractivity contribution in [2.24, 2.45) is 0 Å². The van der Waals surface area contributed by atoms with Crippen LogP contribution in [-0.2, 0) is 0 Å². The third-order valence-corrected chi connectivity index (χ3v) is 4.06. The first-order valence-corrected chi connectivity index (χ1v) is 8.96. The van der Waals surface area contributed by atoms with E-state index in [0.717, 1.165) is 0 Å². The molecular weight excluding hydrogens is 377 g/mol. The van der Waals surface area contributed by atoms with Crippen LogP contribution in [0.5, 0.6) is 17.2 Å². The number of ether oxygens (including phenoxy) is 3. The molecule has 0 saturated heterocycles. The average molecular weight is 399 g/mol. The maximum absolute atomic E-state index is 13.8. The first-order valence-electron chi connectivity index (χ1n) is 8.96. The van der Waals surface area contributed by atoms with E-state index in [4.69, 9.17) is 14.2 Å². The Hall–Kier alpha value is -3.55. The fourth-order valence-electron chi connectivity index (χ4n) is 2.73. The van der Waals surface area contributed by atoms with Crippen LogP contribution in [0.15, 0.2) is 42.5 Å². The van der Waals surface area contributed by atoms with Crippen LogP contribution in [0.1, 0.15) is 24.3 Å². The molecule has 3 rings (SSSR count). The van der Waals surface area contributed by atoms with Gasteiger partial charge < -0.3 is 19.5 Å². The summed E-state index contributed by atoms with van der Waals surface area (Å²) in [5, 5.41) is 9.58. The summed E-state index contributed by atoms with van der Waals surface area (Å²) in [7, 11) is 3.04. The Labute approximate surface area is 167 Å². The highest BCUT2D eigenvalue weighted by Crippen LogP contribution is 2.32. The van der Waals surface area contributed by atoms with Gasteiger partial charge in [0.1, 0.15) is 28.8 Å². The molecule has 0 bridgehead atoms. The molecule has 2 N–H and O–H groups in total. The number of anilines is 1. The summed E-state index contributed by atoms with van der Waals surface area (Å²) in [5.74, 6) is 0.697. The maximum atomic E-state index is 13.8. The van der Waals surface area contributed by atoms with Crippen molar-refractivity contribution in [2.45, 2.75) is 20.0 Å². The van der Waals surface area contributed by atoms with Crippen LogP contribution in [0.25, 0.3) is 11.3 Å². The van der Waals surface area contributed by atoms with Crippen molar-refractivity contribution in [3.8, 4) is 28.5 Å². The molecule has 0 saturated carbocycles. The van der Waals surface area contributed by atoms with Gasteiger partial charge >= 0.3 is 0 Å². The van der Waals surface area contributed by atoms with Crippen LogP contribution in [0.3, 0.4) is 0 Å². The quantitative estimate of drug-likeness (QED) is 0.620. The largest absolute Gasteiger partial charge is 0.497 e. The lowest BCUT2D eigenvalue weighted by Gasteiger charge is -2.13. The molecule has 1 aromatic heterocycles. The van der Waals surface area contributed by atoms with Gasteiger partial charge in [-0.15, -0.1) is 0 Å². The van der Waals surface area contributed by atoms with Crippen LogP contribution in [0, 0.1) is 5.82 Å². The Morgan fingerprint density at radius 2 is 1.86 bits per heavy atom. The monoisotopic (exact) mass is 399 g/mol. The Kier molecular flexibility index (Phi) is 6.01. The number of H-pyrrole nitrogens is 1. The van der Waals surface area contributed by atoms with E-state index >= 15 is 0 Å². The van der Waals surface area contributed by atoms with Gasteiger partial charge in [0.25, 0.3) is 5.91 Å². The summed E-state index contributed by atoms with van der Waals surface area (Å²) >= 11 is 0. The highest BCUT2D eigenvalue weighted by molar-refractivity contribution is 6.04. The number of nitrogens with zero attached hydrogens (tertiary/aromatic N) is 1. The molecule has 7 nitrogen and oxygen atoms in total. The molecule has 3 aromatic rings. The maximum Gasteiger partial charge on any atom is 0.273 e. The number of amides is 1. The average Bonchev–Trinajstić information content (AvgIpc) is 3.19. The van der Waals surface area contributed by atoms with Gasteiger partial charge in [0.05, 0.1) is 31.7 Å². The molecule has 0 unspecified atom stereocenters. The highest BCUT2D eigenvalue weighted by Gasteiger charge is 2.17. The summed E-state index contributed by atoms with van der Waals surface area (Å²) in [5.41, 5.74) is 1.53. The van der Waals surface area contributed by atoms with E-state index < -0.39 is 11.7 Å². The molecule has 0 spiro atoms. The van der Waals surface area contributed by atoms with Gasteiger partial charge in [0, 0.05) is 11.6 Å². The van der Waals surface area contributed by atoms with Crippen molar-refractivity contribution < 1.29 is 23.4 Å². The zero-order chi connectivity index (χ0) is 21.0. The Morgan fingerprint density at radius 1 is 1.07 bits per heavy atom. The van der Waals surface area contributed by atoms with Crippen molar-refractivity contribution in [2.75, 3.05) is 19.5 Å². The normalized spacial score (nSPS) is 10.7. The first kappa shape index (κ1) is 20.2. The molecule has 29 heavy (non-hydrogen) atoms. The molecule has 8 heteroatoms. The van der Waals surface area contributed by atoms with Gasteiger partial charge in [-0.2, -0.15) is 5.10 Å². The zero-order valence-corrected chi connectivity index (χ0v) is 16.6. The van der Waals surface area contributed by atoms with Crippen LogP contribution in [0.4, 0.5) is 10.1 Å². The predicted octanol–water partition coefficient (Wildman–Crippen LogP) is 4.27. The molecule has 152 valence electrons. The molecule has 0 atom stereocenters. The number of methoxy groups -OCH3 is 2. The smallest absolute Gasteiger partial charge is 0.273 e. The number of carbonyl (C=O) groups is 1. The van der Waals surface area contributed by atoms with Gasteiger partial charge in [0.2, 0.25) is 0 Å². The number of hydrogen-bond donors (Lipinski definition) is 2. The van der Waals surface area contributed by atoms with E-state index in [1.54, 1.807) is 31.4 Å². The minimum Gasteiger partial charge on any atom is -0.497 e. The Balaban J connectivity index is 1.85. The van der Waals surface area contributed by atoms with E-state index in [-0.39, 0.29) is 11.8 Å². The van der Waals surface area contributed by atoms with E-state index in [9.17, 15) is 9.18 Å². The Morgan fingerprint density at radius 3 is 2.55 bits per heavy atom. The molecule has 0 radical (unpaired) electrons. The molecule has 0 fully saturated rings. The molecule has 1 heterocycles. The van der Waals surface area contributed by atoms with Crippen LogP contribution < -0.4 is 19.5 Å². The summed E-state index contributed by atoms with van der Waals surface area (Å²) in [6.45, 7) is 3.75. The molecule has 2 aromatic carbocycles. The summed E-state index contributed by atoms with van der Waals surface area (Å²) < 4.78 is 29.9. The second kappa shape index (κ2) is 8.64. The topological polar surface area (TPSA) is 85.5 Å². The number of carbonyl (C=O) groups excluding carboxylic acids is 1. The van der Waals surface area contributed by atoms with Gasteiger partial charge in [-0.3, -0.25) is 9.89 Å². The molecule has 0 aliphatic carbocycles. The van der Waals surface area contributed by atoms with E-state index in [1.165, 1.54) is 25.3 Å².